The van der Waals surface area contributed by atoms with Gasteiger partial charge in [-0.15, -0.1) is 0 Å². The van der Waals surface area contributed by atoms with Gasteiger partial charge in [0.25, 0.3) is 0 Å². The van der Waals surface area contributed by atoms with Crippen LogP contribution in [0.3, 0.4) is 0 Å². The van der Waals surface area contributed by atoms with Crippen LogP contribution in [0.4, 0.5) is 0 Å². The van der Waals surface area contributed by atoms with Gasteiger partial charge in [0, 0.05) is 11.0 Å². The molecule has 0 aromatic carbocycles. The first-order valence-corrected chi connectivity index (χ1v) is 5.86. The molecule has 1 aromatic rings. The second kappa shape index (κ2) is 2.29. The maximum atomic E-state index is 6.02. The van der Waals surface area contributed by atoms with Crippen LogP contribution in [0.5, 0.6) is 0 Å². The Balaban J connectivity index is 1.87. The lowest BCUT2D eigenvalue weighted by molar-refractivity contribution is 0.0669. The van der Waals surface area contributed by atoms with E-state index in [4.69, 9.17) is 9.26 Å². The molecule has 2 aliphatic carbocycles. The van der Waals surface area contributed by atoms with Crippen molar-refractivity contribution >= 4 is 0 Å². The van der Waals surface area contributed by atoms with Crippen LogP contribution in [0.15, 0.2) is 10.7 Å². The lowest BCUT2D eigenvalue weighted by atomic mass is 9.60. The Bertz CT molecular complexity index is 421. The molecule has 2 fully saturated rings. The van der Waals surface area contributed by atoms with Crippen LogP contribution in [0.1, 0.15) is 50.0 Å². The quantitative estimate of drug-likeness (QED) is 0.611. The molecule has 3 aliphatic rings. The third kappa shape index (κ3) is 0.805. The summed E-state index contributed by atoms with van der Waals surface area (Å²) in [4.78, 5) is 0. The third-order valence-electron chi connectivity index (χ3n) is 4.74. The molecule has 1 saturated carbocycles. The topological polar surface area (TPSA) is 38.6 Å². The Morgan fingerprint density at radius 1 is 1.40 bits per heavy atom. The van der Waals surface area contributed by atoms with Crippen LogP contribution in [0.25, 0.3) is 0 Å². The highest BCUT2D eigenvalue weighted by molar-refractivity contribution is 5.35. The molecule has 1 aromatic heterocycles. The molecule has 0 unspecified atom stereocenters. The fourth-order valence-electron chi connectivity index (χ4n) is 3.78. The molecule has 1 spiro atoms. The van der Waals surface area contributed by atoms with E-state index < -0.39 is 0 Å². The lowest BCUT2D eigenvalue weighted by Crippen LogP contribution is -2.43. The van der Waals surface area contributed by atoms with E-state index >= 15 is 0 Å². The lowest BCUT2D eigenvalue weighted by Gasteiger charge is -2.41. The number of nitrogens with zero attached hydrogens (tertiary/aromatic N) is 1. The van der Waals surface area contributed by atoms with Gasteiger partial charge in [0.15, 0.2) is 5.76 Å². The van der Waals surface area contributed by atoms with Crippen molar-refractivity contribution in [2.24, 2.45) is 5.41 Å². The first-order chi connectivity index (χ1) is 7.25. The van der Waals surface area contributed by atoms with Crippen molar-refractivity contribution in [2.75, 3.05) is 0 Å². The van der Waals surface area contributed by atoms with E-state index in [9.17, 15) is 0 Å². The number of hydrogen-bond acceptors (Lipinski definition) is 3. The normalized spacial score (nSPS) is 46.6. The van der Waals surface area contributed by atoms with Gasteiger partial charge in [-0.1, -0.05) is 24.9 Å². The summed E-state index contributed by atoms with van der Waals surface area (Å²) in [7, 11) is 0. The number of rotatable bonds is 0. The van der Waals surface area contributed by atoms with Crippen LogP contribution in [0.2, 0.25) is 0 Å². The molecule has 15 heavy (non-hydrogen) atoms. The van der Waals surface area contributed by atoms with E-state index in [1.807, 2.05) is 6.20 Å². The Hall–Kier alpha value is -0.830. The molecule has 4 rings (SSSR count). The number of fused-ring (bicyclic) bond motifs is 2. The molecule has 0 N–H and O–H groups in total. The van der Waals surface area contributed by atoms with Crippen molar-refractivity contribution in [2.45, 2.75) is 50.7 Å². The molecule has 2 heterocycles. The molecular weight excluding hydrogens is 190 g/mol. The fraction of sp³-hybridized carbons (Fsp3) is 0.750. The Morgan fingerprint density at radius 2 is 2.27 bits per heavy atom. The monoisotopic (exact) mass is 205 g/mol. The van der Waals surface area contributed by atoms with Gasteiger partial charge in [0.2, 0.25) is 0 Å². The van der Waals surface area contributed by atoms with Crippen LogP contribution in [-0.2, 0) is 11.2 Å². The zero-order valence-electron chi connectivity index (χ0n) is 8.95. The fourth-order valence-corrected chi connectivity index (χ4v) is 3.78. The van der Waals surface area contributed by atoms with E-state index in [0.29, 0.717) is 5.41 Å². The van der Waals surface area contributed by atoms with E-state index in [1.165, 1.54) is 31.2 Å². The molecule has 0 bridgehead atoms. The van der Waals surface area contributed by atoms with Gasteiger partial charge >= 0.3 is 0 Å². The van der Waals surface area contributed by atoms with Crippen LogP contribution in [-0.4, -0.2) is 10.8 Å². The zero-order valence-corrected chi connectivity index (χ0v) is 8.95. The van der Waals surface area contributed by atoms with Gasteiger partial charge in [0.1, 0.15) is 11.7 Å². The van der Waals surface area contributed by atoms with Crippen molar-refractivity contribution in [3.8, 4) is 0 Å². The molecule has 3 atom stereocenters. The largest absolute Gasteiger partial charge is 0.358 e. The summed E-state index contributed by atoms with van der Waals surface area (Å²) in [5.41, 5.74) is 1.71. The average Bonchev–Trinajstić information content (AvgIpc) is 2.78. The molecule has 0 amide bonds. The molecule has 80 valence electrons. The second-order valence-corrected chi connectivity index (χ2v) is 5.55. The third-order valence-corrected chi connectivity index (χ3v) is 4.74. The molecule has 1 saturated heterocycles. The highest BCUT2D eigenvalue weighted by Crippen LogP contribution is 2.69. The van der Waals surface area contributed by atoms with Crippen molar-refractivity contribution in [1.29, 1.82) is 0 Å². The number of hydrogen-bond donors (Lipinski definition) is 0. The molecular formula is C12H15NO2. The standard InChI is InChI=1S/C12H15NO2/c1-11-4-2-3-5-12(11)10(14-12)9-8(6-11)7-13-15-9/h7,10H,2-6H2,1H3/t10-,11+,12-/m1/s1. The minimum absolute atomic E-state index is 0.109. The van der Waals surface area contributed by atoms with Crippen molar-refractivity contribution < 1.29 is 9.26 Å². The molecule has 3 heteroatoms. The Labute approximate surface area is 88.8 Å². The minimum atomic E-state index is 0.109. The highest BCUT2D eigenvalue weighted by Gasteiger charge is 2.71. The molecule has 3 nitrogen and oxygen atoms in total. The van der Waals surface area contributed by atoms with Gasteiger partial charge in [-0.25, -0.2) is 0 Å². The van der Waals surface area contributed by atoms with Crippen molar-refractivity contribution in [3.63, 3.8) is 0 Å². The number of epoxide rings is 1. The number of aromatic nitrogens is 1. The second-order valence-electron chi connectivity index (χ2n) is 5.55. The molecule has 1 aliphatic heterocycles. The van der Waals surface area contributed by atoms with E-state index in [1.54, 1.807) is 0 Å². The summed E-state index contributed by atoms with van der Waals surface area (Å²) in [6.07, 6.45) is 8.31. The summed E-state index contributed by atoms with van der Waals surface area (Å²) >= 11 is 0. The van der Waals surface area contributed by atoms with Crippen LogP contribution in [0, 0.1) is 5.41 Å². The maximum Gasteiger partial charge on any atom is 0.171 e. The summed E-state index contributed by atoms with van der Waals surface area (Å²) in [5, 5.41) is 3.91. The summed E-state index contributed by atoms with van der Waals surface area (Å²) in [6.45, 7) is 2.38. The Kier molecular flexibility index (Phi) is 1.27. The van der Waals surface area contributed by atoms with E-state index in [-0.39, 0.29) is 11.7 Å². The van der Waals surface area contributed by atoms with Gasteiger partial charge in [-0.2, -0.15) is 0 Å². The zero-order chi connectivity index (χ0) is 10.1. The smallest absolute Gasteiger partial charge is 0.171 e. The van der Waals surface area contributed by atoms with Gasteiger partial charge in [0.05, 0.1) is 6.20 Å². The van der Waals surface area contributed by atoms with Crippen molar-refractivity contribution in [1.82, 2.24) is 5.16 Å². The Morgan fingerprint density at radius 3 is 3.20 bits per heavy atom. The highest BCUT2D eigenvalue weighted by atomic mass is 16.6. The van der Waals surface area contributed by atoms with Crippen LogP contribution < -0.4 is 0 Å². The van der Waals surface area contributed by atoms with Crippen molar-refractivity contribution in [3.05, 3.63) is 17.5 Å². The van der Waals surface area contributed by atoms with Gasteiger partial charge < -0.3 is 9.26 Å². The first kappa shape index (κ1) is 8.34. The van der Waals surface area contributed by atoms with Gasteiger partial charge in [-0.05, 0) is 19.3 Å². The SMILES string of the molecule is C[C@@]12CCCC[C@]13O[C@@H]3c1oncc1C2. The summed E-state index contributed by atoms with van der Waals surface area (Å²) in [5.74, 6) is 1.01. The number of ether oxygens (including phenoxy) is 1. The van der Waals surface area contributed by atoms with E-state index in [0.717, 1.165) is 12.2 Å². The summed E-state index contributed by atoms with van der Waals surface area (Å²) in [6, 6.07) is 0. The average molecular weight is 205 g/mol. The predicted octanol–water partition coefficient (Wildman–Crippen LogP) is 2.62. The van der Waals surface area contributed by atoms with Gasteiger partial charge in [-0.3, -0.25) is 0 Å². The summed E-state index contributed by atoms with van der Waals surface area (Å²) < 4.78 is 11.3. The predicted molar refractivity (Wildman–Crippen MR) is 53.3 cm³/mol. The van der Waals surface area contributed by atoms with E-state index in [2.05, 4.69) is 12.1 Å². The van der Waals surface area contributed by atoms with Crippen LogP contribution >= 0.6 is 0 Å². The first-order valence-electron chi connectivity index (χ1n) is 5.86. The molecule has 0 radical (unpaired) electrons. The maximum absolute atomic E-state index is 6.02. The minimum Gasteiger partial charge on any atom is -0.358 e.